The molecule has 0 radical (unpaired) electrons. The normalized spacial score (nSPS) is 37.4. The molecule has 4 heteroatoms. The molecule has 1 N–H and O–H groups in total. The van der Waals surface area contributed by atoms with Gasteiger partial charge in [-0.3, -0.25) is 10.1 Å². The van der Waals surface area contributed by atoms with Gasteiger partial charge in [0, 0.05) is 12.6 Å². The van der Waals surface area contributed by atoms with Crippen molar-refractivity contribution in [2.75, 3.05) is 6.61 Å². The van der Waals surface area contributed by atoms with Crippen LogP contribution in [0, 0.1) is 0 Å². The molecule has 0 bridgehead atoms. The first-order valence-corrected chi connectivity index (χ1v) is 6.91. The highest BCUT2D eigenvalue weighted by atomic mass is 16.5. The van der Waals surface area contributed by atoms with Crippen molar-refractivity contribution >= 4 is 5.91 Å². The second-order valence-electron chi connectivity index (χ2n) is 5.00. The molecule has 1 saturated heterocycles. The van der Waals surface area contributed by atoms with Crippen molar-refractivity contribution in [3.05, 3.63) is 0 Å². The van der Waals surface area contributed by atoms with E-state index in [0.717, 1.165) is 32.3 Å². The first-order chi connectivity index (χ1) is 8.21. The molecule has 0 spiro atoms. The number of ether oxygens (including phenoxy) is 1. The van der Waals surface area contributed by atoms with Gasteiger partial charge >= 0.3 is 0 Å². The maximum atomic E-state index is 12.2. The van der Waals surface area contributed by atoms with E-state index in [0.29, 0.717) is 18.1 Å². The molecule has 98 valence electrons. The Morgan fingerprint density at radius 2 is 2.00 bits per heavy atom. The molecule has 0 aromatic carbocycles. The molecule has 17 heavy (non-hydrogen) atoms. The summed E-state index contributed by atoms with van der Waals surface area (Å²) in [5, 5.41) is 3.42. The molecule has 1 aliphatic heterocycles. The number of amides is 1. The van der Waals surface area contributed by atoms with E-state index >= 15 is 0 Å². The van der Waals surface area contributed by atoms with Crippen LogP contribution in [0.15, 0.2) is 0 Å². The van der Waals surface area contributed by atoms with Crippen molar-refractivity contribution in [3.63, 3.8) is 0 Å². The van der Waals surface area contributed by atoms with Gasteiger partial charge in [-0.15, -0.1) is 0 Å². The van der Waals surface area contributed by atoms with Gasteiger partial charge in [0.15, 0.2) is 0 Å². The zero-order chi connectivity index (χ0) is 12.4. The Morgan fingerprint density at radius 3 is 2.53 bits per heavy atom. The molecule has 4 nitrogen and oxygen atoms in total. The summed E-state index contributed by atoms with van der Waals surface area (Å²) in [6, 6.07) is 0.430. The summed E-state index contributed by atoms with van der Waals surface area (Å²) in [7, 11) is 0. The molecule has 0 aromatic heterocycles. The number of rotatable bonds is 5. The quantitative estimate of drug-likeness (QED) is 0.792. The molecule has 2 unspecified atom stereocenters. The van der Waals surface area contributed by atoms with Crippen LogP contribution in [-0.4, -0.2) is 41.8 Å². The van der Waals surface area contributed by atoms with Crippen molar-refractivity contribution < 1.29 is 9.53 Å². The third kappa shape index (κ3) is 2.33. The molecule has 2 rings (SSSR count). The third-order valence-corrected chi connectivity index (χ3v) is 3.94. The van der Waals surface area contributed by atoms with Gasteiger partial charge in [-0.1, -0.05) is 13.8 Å². The average Bonchev–Trinajstić information content (AvgIpc) is 2.60. The first-order valence-electron chi connectivity index (χ1n) is 6.91. The van der Waals surface area contributed by atoms with Crippen LogP contribution in [0.2, 0.25) is 0 Å². The maximum absolute atomic E-state index is 12.2. The van der Waals surface area contributed by atoms with E-state index in [9.17, 15) is 4.79 Å². The SMILES string of the molecule is CCOC1CC(N2C(=O)C(CC)NC2CC)C1. The summed E-state index contributed by atoms with van der Waals surface area (Å²) < 4.78 is 5.57. The zero-order valence-corrected chi connectivity index (χ0v) is 11.1. The van der Waals surface area contributed by atoms with E-state index in [2.05, 4.69) is 24.1 Å². The maximum Gasteiger partial charge on any atom is 0.241 e. The van der Waals surface area contributed by atoms with Gasteiger partial charge in [-0.05, 0) is 32.6 Å². The predicted octanol–water partition coefficient (Wildman–Crippen LogP) is 1.50. The van der Waals surface area contributed by atoms with Crippen LogP contribution in [0.4, 0.5) is 0 Å². The standard InChI is InChI=1S/C13H24N2O2/c1-4-11-13(16)15(12(5-2)14-11)9-7-10(8-9)17-6-3/h9-12,14H,4-8H2,1-3H3. The van der Waals surface area contributed by atoms with Gasteiger partial charge in [-0.2, -0.15) is 0 Å². The lowest BCUT2D eigenvalue weighted by molar-refractivity contribution is -0.138. The lowest BCUT2D eigenvalue weighted by Crippen LogP contribution is -2.53. The molecule has 2 aliphatic rings. The highest BCUT2D eigenvalue weighted by Gasteiger charge is 2.45. The van der Waals surface area contributed by atoms with Crippen LogP contribution in [0.1, 0.15) is 46.5 Å². The van der Waals surface area contributed by atoms with E-state index in [1.807, 2.05) is 6.92 Å². The summed E-state index contributed by atoms with van der Waals surface area (Å²) in [4.78, 5) is 14.3. The van der Waals surface area contributed by atoms with Crippen LogP contribution >= 0.6 is 0 Å². The van der Waals surface area contributed by atoms with Crippen LogP contribution in [-0.2, 0) is 9.53 Å². The highest BCUT2D eigenvalue weighted by molar-refractivity contribution is 5.84. The molecule has 1 aliphatic carbocycles. The van der Waals surface area contributed by atoms with Gasteiger partial charge in [-0.25, -0.2) is 0 Å². The summed E-state index contributed by atoms with van der Waals surface area (Å²) in [6.45, 7) is 7.00. The van der Waals surface area contributed by atoms with Crippen LogP contribution in [0.3, 0.4) is 0 Å². The van der Waals surface area contributed by atoms with Crippen molar-refractivity contribution in [2.45, 2.75) is 70.8 Å². The predicted molar refractivity (Wildman–Crippen MR) is 66.6 cm³/mol. The number of hydrogen-bond donors (Lipinski definition) is 1. The van der Waals surface area contributed by atoms with Crippen LogP contribution < -0.4 is 5.32 Å². The van der Waals surface area contributed by atoms with Crippen molar-refractivity contribution in [1.82, 2.24) is 10.2 Å². The number of carbonyl (C=O) groups is 1. The Labute approximate surface area is 104 Å². The van der Waals surface area contributed by atoms with Crippen molar-refractivity contribution in [2.24, 2.45) is 0 Å². The smallest absolute Gasteiger partial charge is 0.241 e. The lowest BCUT2D eigenvalue weighted by atomic mass is 9.87. The van der Waals surface area contributed by atoms with E-state index < -0.39 is 0 Å². The topological polar surface area (TPSA) is 41.6 Å². The highest BCUT2D eigenvalue weighted by Crippen LogP contribution is 2.32. The minimum atomic E-state index is 0.0334. The van der Waals surface area contributed by atoms with E-state index in [-0.39, 0.29) is 12.2 Å². The van der Waals surface area contributed by atoms with Gasteiger partial charge in [0.2, 0.25) is 5.91 Å². The van der Waals surface area contributed by atoms with Gasteiger partial charge in [0.1, 0.15) is 0 Å². The zero-order valence-electron chi connectivity index (χ0n) is 11.1. The fraction of sp³-hybridized carbons (Fsp3) is 0.923. The summed E-state index contributed by atoms with van der Waals surface area (Å²) in [5.41, 5.74) is 0. The van der Waals surface area contributed by atoms with E-state index in [1.165, 1.54) is 0 Å². The Balaban J connectivity index is 1.93. The molecule has 2 fully saturated rings. The lowest BCUT2D eigenvalue weighted by Gasteiger charge is -2.43. The molecular formula is C13H24N2O2. The molecule has 1 heterocycles. The Morgan fingerprint density at radius 1 is 1.29 bits per heavy atom. The minimum Gasteiger partial charge on any atom is -0.378 e. The van der Waals surface area contributed by atoms with Crippen molar-refractivity contribution in [3.8, 4) is 0 Å². The van der Waals surface area contributed by atoms with Gasteiger partial charge in [0.25, 0.3) is 0 Å². The molecular weight excluding hydrogens is 216 g/mol. The molecule has 1 amide bonds. The number of hydrogen-bond acceptors (Lipinski definition) is 3. The van der Waals surface area contributed by atoms with Crippen LogP contribution in [0.5, 0.6) is 0 Å². The minimum absolute atomic E-state index is 0.0334. The largest absolute Gasteiger partial charge is 0.378 e. The Hall–Kier alpha value is -0.610. The van der Waals surface area contributed by atoms with Gasteiger partial charge in [0.05, 0.1) is 18.3 Å². The fourth-order valence-electron chi connectivity index (χ4n) is 2.90. The number of nitrogens with one attached hydrogen (secondary N) is 1. The molecule has 1 saturated carbocycles. The summed E-state index contributed by atoms with van der Waals surface area (Å²) in [6.07, 6.45) is 4.49. The van der Waals surface area contributed by atoms with Gasteiger partial charge < -0.3 is 9.64 Å². The summed E-state index contributed by atoms with van der Waals surface area (Å²) in [5.74, 6) is 0.291. The second-order valence-corrected chi connectivity index (χ2v) is 5.00. The summed E-state index contributed by atoms with van der Waals surface area (Å²) >= 11 is 0. The molecule has 2 atom stereocenters. The fourth-order valence-corrected chi connectivity index (χ4v) is 2.90. The molecule has 0 aromatic rings. The number of carbonyl (C=O) groups excluding carboxylic acids is 1. The van der Waals surface area contributed by atoms with Crippen LogP contribution in [0.25, 0.3) is 0 Å². The second kappa shape index (κ2) is 5.36. The van der Waals surface area contributed by atoms with E-state index in [4.69, 9.17) is 4.74 Å². The average molecular weight is 240 g/mol. The monoisotopic (exact) mass is 240 g/mol. The number of nitrogens with zero attached hydrogens (tertiary/aromatic N) is 1. The third-order valence-electron chi connectivity index (χ3n) is 3.94. The van der Waals surface area contributed by atoms with E-state index in [1.54, 1.807) is 0 Å². The first kappa shape index (κ1) is 12.8. The van der Waals surface area contributed by atoms with Crippen molar-refractivity contribution in [1.29, 1.82) is 0 Å². The Kier molecular flexibility index (Phi) is 4.05. The Bertz CT molecular complexity index is 277.